The average molecular weight is 371 g/mol. The van der Waals surface area contributed by atoms with Gasteiger partial charge in [0.25, 0.3) is 5.91 Å². The fourth-order valence-corrected chi connectivity index (χ4v) is 2.62. The van der Waals surface area contributed by atoms with Crippen molar-refractivity contribution in [2.24, 2.45) is 0 Å². The molecule has 0 bridgehead atoms. The highest BCUT2D eigenvalue weighted by molar-refractivity contribution is 6.34. The number of carbonyl (C=O) groups excluding carboxylic acids is 1. The van der Waals surface area contributed by atoms with Crippen molar-refractivity contribution in [3.05, 3.63) is 82.6 Å². The van der Waals surface area contributed by atoms with Crippen LogP contribution in [0.4, 0.5) is 16.0 Å². The van der Waals surface area contributed by atoms with Gasteiger partial charge in [0.15, 0.2) is 5.82 Å². The SMILES string of the molecule is O=C(Nc1ccc(NCCc2ccccc2)nn1)c1c(F)cccc1Cl. The van der Waals surface area contributed by atoms with Crippen molar-refractivity contribution in [2.45, 2.75) is 6.42 Å². The molecule has 0 spiro atoms. The van der Waals surface area contributed by atoms with E-state index in [1.165, 1.54) is 23.8 Å². The first-order valence-electron chi connectivity index (χ1n) is 8.00. The molecule has 0 aliphatic heterocycles. The molecule has 1 amide bonds. The summed E-state index contributed by atoms with van der Waals surface area (Å²) in [6, 6.07) is 17.4. The second-order valence-electron chi connectivity index (χ2n) is 5.52. The molecule has 7 heteroatoms. The lowest BCUT2D eigenvalue weighted by Crippen LogP contribution is -2.16. The number of anilines is 2. The van der Waals surface area contributed by atoms with Crippen molar-refractivity contribution in [2.75, 3.05) is 17.2 Å². The molecule has 5 nitrogen and oxygen atoms in total. The molecule has 0 aliphatic carbocycles. The molecule has 3 rings (SSSR count). The number of hydrogen-bond donors (Lipinski definition) is 2. The van der Waals surface area contributed by atoms with E-state index in [9.17, 15) is 9.18 Å². The van der Waals surface area contributed by atoms with E-state index >= 15 is 0 Å². The lowest BCUT2D eigenvalue weighted by atomic mass is 10.1. The maximum absolute atomic E-state index is 13.8. The van der Waals surface area contributed by atoms with Gasteiger partial charge in [-0.2, -0.15) is 0 Å². The number of benzene rings is 2. The van der Waals surface area contributed by atoms with E-state index in [4.69, 9.17) is 11.6 Å². The number of hydrogen-bond acceptors (Lipinski definition) is 4. The van der Waals surface area contributed by atoms with Crippen LogP contribution in [0, 0.1) is 5.82 Å². The highest BCUT2D eigenvalue weighted by Gasteiger charge is 2.16. The molecule has 0 atom stereocenters. The van der Waals surface area contributed by atoms with Crippen LogP contribution >= 0.6 is 11.6 Å². The summed E-state index contributed by atoms with van der Waals surface area (Å²) < 4.78 is 13.8. The van der Waals surface area contributed by atoms with Gasteiger partial charge in [-0.25, -0.2) is 4.39 Å². The first-order chi connectivity index (χ1) is 12.6. The average Bonchev–Trinajstić information content (AvgIpc) is 2.64. The van der Waals surface area contributed by atoms with Gasteiger partial charge in [0, 0.05) is 6.54 Å². The molecule has 1 heterocycles. The molecule has 0 saturated carbocycles. The van der Waals surface area contributed by atoms with Crippen LogP contribution < -0.4 is 10.6 Å². The normalized spacial score (nSPS) is 10.4. The number of amides is 1. The van der Waals surface area contributed by atoms with E-state index in [-0.39, 0.29) is 16.4 Å². The minimum absolute atomic E-state index is 0.0367. The topological polar surface area (TPSA) is 66.9 Å². The Bertz CT molecular complexity index is 868. The molecule has 0 unspecified atom stereocenters. The molecule has 1 aromatic heterocycles. The number of aromatic nitrogens is 2. The summed E-state index contributed by atoms with van der Waals surface area (Å²) in [4.78, 5) is 12.2. The van der Waals surface area contributed by atoms with Gasteiger partial charge in [0.1, 0.15) is 11.6 Å². The van der Waals surface area contributed by atoms with E-state index in [0.29, 0.717) is 12.4 Å². The predicted molar refractivity (Wildman–Crippen MR) is 100 cm³/mol. The number of carbonyl (C=O) groups is 1. The molecule has 2 N–H and O–H groups in total. The van der Waals surface area contributed by atoms with Crippen LogP contribution in [0.3, 0.4) is 0 Å². The van der Waals surface area contributed by atoms with E-state index in [0.717, 1.165) is 6.42 Å². The van der Waals surface area contributed by atoms with E-state index in [1.54, 1.807) is 12.1 Å². The van der Waals surface area contributed by atoms with E-state index < -0.39 is 11.7 Å². The second kappa shape index (κ2) is 8.40. The minimum Gasteiger partial charge on any atom is -0.368 e. The lowest BCUT2D eigenvalue weighted by Gasteiger charge is -2.08. The lowest BCUT2D eigenvalue weighted by molar-refractivity contribution is 0.102. The van der Waals surface area contributed by atoms with Crippen molar-refractivity contribution >= 4 is 29.1 Å². The third kappa shape index (κ3) is 4.55. The summed E-state index contributed by atoms with van der Waals surface area (Å²) in [5.74, 6) is -0.569. The molecule has 26 heavy (non-hydrogen) atoms. The van der Waals surface area contributed by atoms with Crippen molar-refractivity contribution in [1.82, 2.24) is 10.2 Å². The number of halogens is 2. The summed E-state index contributed by atoms with van der Waals surface area (Å²) in [6.45, 7) is 0.704. The van der Waals surface area contributed by atoms with Crippen molar-refractivity contribution in [3.63, 3.8) is 0 Å². The van der Waals surface area contributed by atoms with Gasteiger partial charge in [0.05, 0.1) is 10.6 Å². The summed E-state index contributed by atoms with van der Waals surface area (Å²) in [5, 5.41) is 13.6. The second-order valence-corrected chi connectivity index (χ2v) is 5.92. The maximum Gasteiger partial charge on any atom is 0.261 e. The van der Waals surface area contributed by atoms with Crippen LogP contribution in [-0.4, -0.2) is 22.6 Å². The summed E-state index contributed by atoms with van der Waals surface area (Å²) in [6.07, 6.45) is 0.854. The van der Waals surface area contributed by atoms with Crippen LogP contribution in [0.15, 0.2) is 60.7 Å². The Morgan fingerprint density at radius 1 is 0.962 bits per heavy atom. The zero-order chi connectivity index (χ0) is 18.4. The van der Waals surface area contributed by atoms with Gasteiger partial charge in [0.2, 0.25) is 0 Å². The molecular weight excluding hydrogens is 355 g/mol. The molecule has 132 valence electrons. The summed E-state index contributed by atoms with van der Waals surface area (Å²) in [5.41, 5.74) is 1.000. The Kier molecular flexibility index (Phi) is 5.76. The first-order valence-corrected chi connectivity index (χ1v) is 8.38. The van der Waals surface area contributed by atoms with Crippen LogP contribution in [0.2, 0.25) is 5.02 Å². The standard InChI is InChI=1S/C19H16ClFN4O/c20-14-7-4-8-15(21)18(14)19(26)23-17-10-9-16(24-25-17)22-12-11-13-5-2-1-3-6-13/h1-10H,11-12H2,(H,22,24)(H,23,25,26). The largest absolute Gasteiger partial charge is 0.368 e. The zero-order valence-corrected chi connectivity index (χ0v) is 14.5. The molecule has 0 saturated heterocycles. The van der Waals surface area contributed by atoms with Gasteiger partial charge in [-0.15, -0.1) is 10.2 Å². The van der Waals surface area contributed by atoms with Gasteiger partial charge >= 0.3 is 0 Å². The van der Waals surface area contributed by atoms with Crippen molar-refractivity contribution < 1.29 is 9.18 Å². The fourth-order valence-electron chi connectivity index (χ4n) is 2.37. The monoisotopic (exact) mass is 370 g/mol. The van der Waals surface area contributed by atoms with E-state index in [1.807, 2.05) is 18.2 Å². The predicted octanol–water partition coefficient (Wildman–Crippen LogP) is 4.18. The summed E-state index contributed by atoms with van der Waals surface area (Å²) in [7, 11) is 0. The van der Waals surface area contributed by atoms with Gasteiger partial charge < -0.3 is 10.6 Å². The Morgan fingerprint density at radius 3 is 2.38 bits per heavy atom. The van der Waals surface area contributed by atoms with E-state index in [2.05, 4.69) is 33.0 Å². The van der Waals surface area contributed by atoms with Gasteiger partial charge in [-0.3, -0.25) is 4.79 Å². The highest BCUT2D eigenvalue weighted by Crippen LogP contribution is 2.20. The molecule has 0 radical (unpaired) electrons. The van der Waals surface area contributed by atoms with Crippen LogP contribution in [0.25, 0.3) is 0 Å². The third-order valence-corrected chi connectivity index (χ3v) is 3.97. The maximum atomic E-state index is 13.8. The smallest absolute Gasteiger partial charge is 0.261 e. The van der Waals surface area contributed by atoms with Crippen LogP contribution in [-0.2, 0) is 6.42 Å². The van der Waals surface area contributed by atoms with Crippen molar-refractivity contribution in [1.29, 1.82) is 0 Å². The Balaban J connectivity index is 1.57. The Labute approximate surface area is 155 Å². The number of rotatable bonds is 6. The molecule has 2 aromatic carbocycles. The molecule has 0 fully saturated rings. The quantitative estimate of drug-likeness (QED) is 0.683. The summed E-state index contributed by atoms with van der Waals surface area (Å²) >= 11 is 5.88. The molecule has 0 aliphatic rings. The zero-order valence-electron chi connectivity index (χ0n) is 13.7. The molecular formula is C19H16ClFN4O. The number of nitrogens with zero attached hydrogens (tertiary/aromatic N) is 2. The van der Waals surface area contributed by atoms with Crippen LogP contribution in [0.1, 0.15) is 15.9 Å². The van der Waals surface area contributed by atoms with Crippen LogP contribution in [0.5, 0.6) is 0 Å². The third-order valence-electron chi connectivity index (χ3n) is 3.66. The fraction of sp³-hybridized carbons (Fsp3) is 0.105. The van der Waals surface area contributed by atoms with Gasteiger partial charge in [-0.05, 0) is 36.2 Å². The number of nitrogens with one attached hydrogen (secondary N) is 2. The highest BCUT2D eigenvalue weighted by atomic mass is 35.5. The molecule has 3 aromatic rings. The van der Waals surface area contributed by atoms with Gasteiger partial charge in [-0.1, -0.05) is 48.0 Å². The van der Waals surface area contributed by atoms with Crippen molar-refractivity contribution in [3.8, 4) is 0 Å². The first kappa shape index (κ1) is 17.8. The Morgan fingerprint density at radius 2 is 1.69 bits per heavy atom. The minimum atomic E-state index is -0.692. The Hall–Kier alpha value is -2.99.